The van der Waals surface area contributed by atoms with Crippen LogP contribution in [0.2, 0.25) is 0 Å². The lowest BCUT2D eigenvalue weighted by atomic mass is 10.8. The summed E-state index contributed by atoms with van der Waals surface area (Å²) in [5.74, 6) is -1.36. The Morgan fingerprint density at radius 2 is 1.71 bits per heavy atom. The Balaban J connectivity index is 4.46. The second kappa shape index (κ2) is 6.17. The predicted octanol–water partition coefficient (Wildman–Crippen LogP) is 2.16. The minimum absolute atomic E-state index is 0.253. The summed E-state index contributed by atoms with van der Waals surface area (Å²) in [6, 6.07) is 0. The van der Waals surface area contributed by atoms with E-state index < -0.39 is 19.4 Å². The zero-order valence-corrected chi connectivity index (χ0v) is 9.87. The Hall–Kier alpha value is -0.380. The Morgan fingerprint density at radius 1 is 1.29 bits per heavy atom. The van der Waals surface area contributed by atoms with Crippen molar-refractivity contribution in [3.8, 4) is 0 Å². The molecule has 0 bridgehead atoms. The molecule has 0 aromatic heterocycles. The lowest BCUT2D eigenvalue weighted by Crippen LogP contribution is -2.16. The molecule has 5 nitrogen and oxygen atoms in total. The van der Waals surface area contributed by atoms with E-state index >= 15 is 0 Å². The average Bonchev–Trinajstić information content (AvgIpc) is 2.03. The monoisotopic (exact) mass is 224 g/mol. The molecule has 0 saturated heterocycles. The minimum atomic E-state index is -3.31. The molecule has 0 aliphatic carbocycles. The van der Waals surface area contributed by atoms with Gasteiger partial charge < -0.3 is 13.8 Å². The third-order valence-electron chi connectivity index (χ3n) is 1.40. The number of carbonyl (C=O) groups is 1. The summed E-state index contributed by atoms with van der Waals surface area (Å²) in [5.41, 5.74) is 0. The van der Waals surface area contributed by atoms with Gasteiger partial charge in [-0.2, -0.15) is 0 Å². The minimum Gasteiger partial charge on any atom is -0.450 e. The van der Waals surface area contributed by atoms with Crippen LogP contribution in [0.25, 0.3) is 0 Å². The van der Waals surface area contributed by atoms with Gasteiger partial charge in [-0.3, -0.25) is 9.36 Å². The number of rotatable bonds is 6. The second-order valence-electron chi connectivity index (χ2n) is 2.58. The summed E-state index contributed by atoms with van der Waals surface area (Å²) >= 11 is 0. The van der Waals surface area contributed by atoms with Gasteiger partial charge in [0.25, 0.3) is 0 Å². The van der Waals surface area contributed by atoms with E-state index in [2.05, 4.69) is 0 Å². The molecule has 0 heterocycles. The van der Waals surface area contributed by atoms with Crippen LogP contribution < -0.4 is 0 Å². The summed E-state index contributed by atoms with van der Waals surface area (Å²) in [7, 11) is -3.31. The van der Waals surface area contributed by atoms with E-state index in [0.717, 1.165) is 0 Å². The van der Waals surface area contributed by atoms with Crippen LogP contribution in [0.4, 0.5) is 0 Å². The Labute approximate surface area is 84.3 Å². The van der Waals surface area contributed by atoms with E-state index in [-0.39, 0.29) is 13.2 Å². The van der Waals surface area contributed by atoms with Crippen LogP contribution in [0, 0.1) is 0 Å². The first-order valence-corrected chi connectivity index (χ1v) is 6.13. The molecular weight excluding hydrogens is 207 g/mol. The van der Waals surface area contributed by atoms with E-state index in [1.165, 1.54) is 13.8 Å². The SMILES string of the molecule is CCOP(=O)(OCC)[C@@H](C)OC(C)=O. The van der Waals surface area contributed by atoms with Crippen molar-refractivity contribution in [2.24, 2.45) is 0 Å². The largest absolute Gasteiger partial charge is 0.450 e. The number of carbonyl (C=O) groups excluding carboxylic acids is 1. The lowest BCUT2D eigenvalue weighted by Gasteiger charge is -2.22. The second-order valence-corrected chi connectivity index (χ2v) is 4.91. The van der Waals surface area contributed by atoms with E-state index in [1.807, 2.05) is 0 Å². The van der Waals surface area contributed by atoms with Gasteiger partial charge in [0.1, 0.15) is 0 Å². The Bertz CT molecular complexity index is 218. The summed E-state index contributed by atoms with van der Waals surface area (Å²) in [6.07, 6.45) is 0. The van der Waals surface area contributed by atoms with Crippen molar-refractivity contribution in [1.29, 1.82) is 0 Å². The van der Waals surface area contributed by atoms with Crippen LogP contribution >= 0.6 is 7.60 Å². The van der Waals surface area contributed by atoms with Crippen molar-refractivity contribution in [1.82, 2.24) is 0 Å². The smallest absolute Gasteiger partial charge is 0.370 e. The van der Waals surface area contributed by atoms with Crippen LogP contribution in [0.15, 0.2) is 0 Å². The van der Waals surface area contributed by atoms with E-state index in [0.29, 0.717) is 0 Å². The number of hydrogen-bond donors (Lipinski definition) is 0. The van der Waals surface area contributed by atoms with Crippen molar-refractivity contribution >= 4 is 13.6 Å². The number of hydrogen-bond acceptors (Lipinski definition) is 5. The van der Waals surface area contributed by atoms with Crippen LogP contribution in [0.5, 0.6) is 0 Å². The fraction of sp³-hybridized carbons (Fsp3) is 0.875. The highest BCUT2D eigenvalue weighted by Gasteiger charge is 2.34. The quantitative estimate of drug-likeness (QED) is 0.511. The predicted molar refractivity (Wildman–Crippen MR) is 52.1 cm³/mol. The molecule has 0 amide bonds. The molecule has 0 aromatic rings. The molecule has 84 valence electrons. The van der Waals surface area contributed by atoms with Crippen molar-refractivity contribution in [3.05, 3.63) is 0 Å². The van der Waals surface area contributed by atoms with Crippen molar-refractivity contribution < 1.29 is 23.1 Å². The van der Waals surface area contributed by atoms with Gasteiger partial charge in [0.15, 0.2) is 5.85 Å². The van der Waals surface area contributed by atoms with Crippen LogP contribution in [-0.2, 0) is 23.1 Å². The lowest BCUT2D eigenvalue weighted by molar-refractivity contribution is -0.143. The van der Waals surface area contributed by atoms with Gasteiger partial charge in [-0.25, -0.2) is 0 Å². The first kappa shape index (κ1) is 13.6. The highest BCUT2D eigenvalue weighted by Crippen LogP contribution is 2.53. The molecule has 0 N–H and O–H groups in total. The van der Waals surface area contributed by atoms with Gasteiger partial charge in [0, 0.05) is 6.92 Å². The fourth-order valence-electron chi connectivity index (χ4n) is 0.912. The van der Waals surface area contributed by atoms with Gasteiger partial charge in [-0.1, -0.05) is 0 Å². The third-order valence-corrected chi connectivity index (χ3v) is 3.63. The molecule has 0 aliphatic heterocycles. The molecular formula is C8H17O5P. The van der Waals surface area contributed by atoms with Crippen molar-refractivity contribution in [2.75, 3.05) is 13.2 Å². The maximum atomic E-state index is 11.9. The third kappa shape index (κ3) is 4.22. The highest BCUT2D eigenvalue weighted by molar-refractivity contribution is 7.54. The fourth-order valence-corrected chi connectivity index (χ4v) is 2.40. The first-order chi connectivity index (χ1) is 6.46. The van der Waals surface area contributed by atoms with Crippen molar-refractivity contribution in [2.45, 2.75) is 33.5 Å². The van der Waals surface area contributed by atoms with E-state index in [9.17, 15) is 9.36 Å². The number of esters is 1. The number of ether oxygens (including phenoxy) is 1. The van der Waals surface area contributed by atoms with E-state index in [4.69, 9.17) is 13.8 Å². The van der Waals surface area contributed by atoms with Gasteiger partial charge in [-0.15, -0.1) is 0 Å². The molecule has 0 aliphatic rings. The molecule has 0 saturated carbocycles. The maximum absolute atomic E-state index is 11.9. The van der Waals surface area contributed by atoms with Crippen LogP contribution in [-0.4, -0.2) is 25.0 Å². The summed E-state index contributed by atoms with van der Waals surface area (Å²) < 4.78 is 26.7. The molecule has 0 unspecified atom stereocenters. The topological polar surface area (TPSA) is 61.8 Å². The van der Waals surface area contributed by atoms with Gasteiger partial charge >= 0.3 is 13.6 Å². The standard InChI is InChI=1S/C8H17O5P/c1-5-11-14(10,12-6-2)8(4)13-7(3)9/h8H,5-6H2,1-4H3/t8-/m0/s1. The summed E-state index contributed by atoms with van der Waals surface area (Å²) in [6.45, 7) is 6.65. The van der Waals surface area contributed by atoms with Crippen molar-refractivity contribution in [3.63, 3.8) is 0 Å². The molecule has 6 heteroatoms. The summed E-state index contributed by atoms with van der Waals surface area (Å²) in [5, 5.41) is 0. The zero-order valence-electron chi connectivity index (χ0n) is 8.98. The average molecular weight is 224 g/mol. The molecule has 1 atom stereocenters. The Morgan fingerprint density at radius 3 is 2.00 bits per heavy atom. The normalized spacial score (nSPS) is 13.7. The molecule has 0 spiro atoms. The zero-order chi connectivity index (χ0) is 11.2. The molecule has 0 radical (unpaired) electrons. The maximum Gasteiger partial charge on any atom is 0.370 e. The first-order valence-electron chi connectivity index (χ1n) is 4.52. The van der Waals surface area contributed by atoms with E-state index in [1.54, 1.807) is 13.8 Å². The Kier molecular flexibility index (Phi) is 6.00. The van der Waals surface area contributed by atoms with Gasteiger partial charge in [0.2, 0.25) is 0 Å². The molecule has 0 fully saturated rings. The highest BCUT2D eigenvalue weighted by atomic mass is 31.2. The molecule has 14 heavy (non-hydrogen) atoms. The summed E-state index contributed by atoms with van der Waals surface area (Å²) in [4.78, 5) is 10.7. The van der Waals surface area contributed by atoms with Crippen LogP contribution in [0.1, 0.15) is 27.7 Å². The van der Waals surface area contributed by atoms with Crippen LogP contribution in [0.3, 0.4) is 0 Å². The van der Waals surface area contributed by atoms with Gasteiger partial charge in [0.05, 0.1) is 13.2 Å². The van der Waals surface area contributed by atoms with Gasteiger partial charge in [-0.05, 0) is 20.8 Å². The molecule has 0 rings (SSSR count). The molecule has 0 aromatic carbocycles.